The smallest absolute Gasteiger partial charge is 0.287 e. The zero-order valence-corrected chi connectivity index (χ0v) is 12.0. The van der Waals surface area contributed by atoms with E-state index in [9.17, 15) is 4.79 Å². The highest BCUT2D eigenvalue weighted by molar-refractivity contribution is 9.18. The topological polar surface area (TPSA) is 38.3 Å². The number of carbonyl (C=O) groups is 1. The van der Waals surface area contributed by atoms with Crippen LogP contribution < -0.4 is 10.1 Å². The van der Waals surface area contributed by atoms with Crippen molar-refractivity contribution in [2.75, 3.05) is 13.7 Å². The summed E-state index contributed by atoms with van der Waals surface area (Å²) in [4.78, 5) is 10.5. The monoisotopic (exact) mass is 299 g/mol. The van der Waals surface area contributed by atoms with Gasteiger partial charge in [0.15, 0.2) is 0 Å². The Hall–Kier alpha value is -1.03. The van der Waals surface area contributed by atoms with Gasteiger partial charge >= 0.3 is 0 Å². The number of carbonyl (C=O) groups excluding carboxylic acids is 1. The quantitative estimate of drug-likeness (QED) is 0.668. The molecule has 0 aliphatic carbocycles. The lowest BCUT2D eigenvalue weighted by Crippen LogP contribution is -2.19. The van der Waals surface area contributed by atoms with Crippen molar-refractivity contribution in [3.63, 3.8) is 0 Å². The van der Waals surface area contributed by atoms with Gasteiger partial charge in [0.05, 0.1) is 7.11 Å². The largest absolute Gasteiger partial charge is 0.496 e. The Balaban J connectivity index is 2.74. The van der Waals surface area contributed by atoms with Crippen molar-refractivity contribution >= 4 is 20.7 Å². The van der Waals surface area contributed by atoms with Gasteiger partial charge in [0.2, 0.25) is 0 Å². The summed E-state index contributed by atoms with van der Waals surface area (Å²) in [5, 5.41) is 2.70. The van der Waals surface area contributed by atoms with Gasteiger partial charge in [0, 0.05) is 22.5 Å². The Bertz CT molecular complexity index is 391. The van der Waals surface area contributed by atoms with Gasteiger partial charge in [-0.25, -0.2) is 0 Å². The molecule has 0 aromatic heterocycles. The van der Waals surface area contributed by atoms with Crippen LogP contribution in [0.1, 0.15) is 30.9 Å². The van der Waals surface area contributed by atoms with E-state index in [-0.39, 0.29) is 4.82 Å². The fourth-order valence-corrected chi connectivity index (χ4v) is 1.82. The molecule has 0 atom stereocenters. The molecule has 0 aliphatic heterocycles. The predicted octanol–water partition coefficient (Wildman–Crippen LogP) is 3.47. The highest BCUT2D eigenvalue weighted by Gasteiger charge is 2.07. The Kier molecular flexibility index (Phi) is 5.48. The summed E-state index contributed by atoms with van der Waals surface area (Å²) >= 11 is 2.83. The molecule has 0 spiro atoms. The van der Waals surface area contributed by atoms with Crippen molar-refractivity contribution in [1.29, 1.82) is 0 Å². The summed E-state index contributed by atoms with van der Waals surface area (Å²) in [6.07, 6.45) is 0.763. The second kappa shape index (κ2) is 6.64. The molecule has 0 heterocycles. The third-order valence-electron chi connectivity index (χ3n) is 2.64. The molecule has 17 heavy (non-hydrogen) atoms. The second-order valence-electron chi connectivity index (χ2n) is 4.18. The number of methoxy groups -OCH3 is 1. The minimum atomic E-state index is -0.185. The Morgan fingerprint density at radius 1 is 1.47 bits per heavy atom. The molecule has 1 aromatic rings. The van der Waals surface area contributed by atoms with Gasteiger partial charge in [-0.3, -0.25) is 4.79 Å². The van der Waals surface area contributed by atoms with Crippen molar-refractivity contribution in [3.8, 4) is 5.75 Å². The van der Waals surface area contributed by atoms with E-state index in [1.54, 1.807) is 7.11 Å². The number of benzene rings is 1. The fraction of sp³-hybridized carbons (Fsp3) is 0.462. The highest BCUT2D eigenvalue weighted by Crippen LogP contribution is 2.24. The summed E-state index contributed by atoms with van der Waals surface area (Å²) in [5.41, 5.74) is 2.37. The molecular weight excluding hydrogens is 282 g/mol. The molecule has 3 nitrogen and oxygen atoms in total. The van der Waals surface area contributed by atoms with Gasteiger partial charge in [-0.2, -0.15) is 0 Å². The Morgan fingerprint density at radius 3 is 2.71 bits per heavy atom. The predicted molar refractivity (Wildman–Crippen MR) is 73.1 cm³/mol. The molecule has 0 aliphatic rings. The van der Waals surface area contributed by atoms with E-state index >= 15 is 0 Å². The summed E-state index contributed by atoms with van der Waals surface area (Å²) in [5.74, 6) is 1.38. The first kappa shape index (κ1) is 14.0. The average molecular weight is 300 g/mol. The maximum absolute atomic E-state index is 10.7. The van der Waals surface area contributed by atoms with Crippen LogP contribution >= 0.6 is 15.9 Å². The highest BCUT2D eigenvalue weighted by atomic mass is 79.9. The number of amides is 1. The lowest BCUT2D eigenvalue weighted by Gasteiger charge is -2.12. The molecular formula is C13H18BrNO2. The zero-order valence-electron chi connectivity index (χ0n) is 10.4. The minimum absolute atomic E-state index is 0.185. The maximum atomic E-state index is 10.7. The van der Waals surface area contributed by atoms with Crippen LogP contribution in [0.2, 0.25) is 0 Å². The van der Waals surface area contributed by atoms with Crippen LogP contribution in [0.25, 0.3) is 0 Å². The van der Waals surface area contributed by atoms with Gasteiger partial charge < -0.3 is 10.1 Å². The van der Waals surface area contributed by atoms with Crippen LogP contribution in [0.3, 0.4) is 0 Å². The van der Waals surface area contributed by atoms with Gasteiger partial charge in [-0.1, -0.05) is 26.0 Å². The number of hydrogen-bond acceptors (Lipinski definition) is 2. The normalized spacial score (nSPS) is 10.4. The molecule has 0 saturated carbocycles. The van der Waals surface area contributed by atoms with E-state index in [1.165, 1.54) is 5.56 Å². The van der Waals surface area contributed by atoms with Crippen LogP contribution in [0, 0.1) is 0 Å². The molecule has 0 saturated heterocycles. The van der Waals surface area contributed by atoms with E-state index in [0.29, 0.717) is 12.5 Å². The molecule has 1 N–H and O–H groups in total. The van der Waals surface area contributed by atoms with Crippen molar-refractivity contribution < 1.29 is 9.53 Å². The van der Waals surface area contributed by atoms with Crippen LogP contribution in [0.4, 0.5) is 4.79 Å². The minimum Gasteiger partial charge on any atom is -0.496 e. The molecule has 94 valence electrons. The van der Waals surface area contributed by atoms with Gasteiger partial charge in [-0.15, -0.1) is 0 Å². The van der Waals surface area contributed by atoms with Gasteiger partial charge in [0.25, 0.3) is 4.82 Å². The lowest BCUT2D eigenvalue weighted by molar-refractivity contribution is 0.262. The van der Waals surface area contributed by atoms with Crippen molar-refractivity contribution in [3.05, 3.63) is 29.3 Å². The van der Waals surface area contributed by atoms with Crippen LogP contribution in [0.15, 0.2) is 18.2 Å². The van der Waals surface area contributed by atoms with E-state index < -0.39 is 0 Å². The number of nitrogens with one attached hydrogen (secondary N) is 1. The van der Waals surface area contributed by atoms with Crippen molar-refractivity contribution in [2.24, 2.45) is 0 Å². The second-order valence-corrected chi connectivity index (χ2v) is 4.90. The van der Waals surface area contributed by atoms with E-state index in [0.717, 1.165) is 17.7 Å². The fourth-order valence-electron chi connectivity index (χ4n) is 1.62. The number of ether oxygens (including phenoxy) is 1. The third-order valence-corrected chi connectivity index (χ3v) is 2.92. The molecule has 1 amide bonds. The van der Waals surface area contributed by atoms with Crippen molar-refractivity contribution in [1.82, 2.24) is 5.32 Å². The van der Waals surface area contributed by atoms with E-state index in [1.807, 2.05) is 0 Å². The summed E-state index contributed by atoms with van der Waals surface area (Å²) < 4.78 is 5.37. The van der Waals surface area contributed by atoms with Crippen LogP contribution in [-0.2, 0) is 6.42 Å². The molecule has 0 unspecified atom stereocenters. The summed E-state index contributed by atoms with van der Waals surface area (Å²) in [7, 11) is 1.67. The molecule has 0 fully saturated rings. The lowest BCUT2D eigenvalue weighted by atomic mass is 10.00. The number of rotatable bonds is 5. The average Bonchev–Trinajstić information content (AvgIpc) is 2.28. The zero-order chi connectivity index (χ0) is 12.8. The number of halogens is 1. The first-order valence-electron chi connectivity index (χ1n) is 5.64. The van der Waals surface area contributed by atoms with Gasteiger partial charge in [-0.05, 0) is 29.5 Å². The third kappa shape index (κ3) is 4.38. The van der Waals surface area contributed by atoms with Crippen LogP contribution in [-0.4, -0.2) is 18.5 Å². The van der Waals surface area contributed by atoms with Gasteiger partial charge in [0.1, 0.15) is 5.75 Å². The molecule has 0 radical (unpaired) electrons. The SMILES string of the molecule is COc1cc(C(C)C)ccc1CCNC(=O)Br. The molecule has 0 bridgehead atoms. The van der Waals surface area contributed by atoms with Crippen LogP contribution in [0.5, 0.6) is 5.75 Å². The molecule has 1 rings (SSSR count). The standard InChI is InChI=1S/C13H18BrNO2/c1-9(2)11-5-4-10(12(8-11)17-3)6-7-15-13(14)16/h4-5,8-9H,6-7H2,1-3H3,(H,15,16). The molecule has 4 heteroatoms. The van der Waals surface area contributed by atoms with E-state index in [4.69, 9.17) is 4.74 Å². The maximum Gasteiger partial charge on any atom is 0.287 e. The summed E-state index contributed by atoms with van der Waals surface area (Å²) in [6, 6.07) is 6.24. The molecule has 1 aromatic carbocycles. The summed E-state index contributed by atoms with van der Waals surface area (Å²) in [6.45, 7) is 4.90. The number of hydrogen-bond donors (Lipinski definition) is 1. The first-order chi connectivity index (χ1) is 8.04. The van der Waals surface area contributed by atoms with Crippen molar-refractivity contribution in [2.45, 2.75) is 26.2 Å². The Morgan fingerprint density at radius 2 is 2.18 bits per heavy atom. The first-order valence-corrected chi connectivity index (χ1v) is 6.44. The van der Waals surface area contributed by atoms with E-state index in [2.05, 4.69) is 53.3 Å². The Labute approximate surface area is 111 Å².